The summed E-state index contributed by atoms with van der Waals surface area (Å²) in [6, 6.07) is 13.1. The third-order valence-electron chi connectivity index (χ3n) is 6.86. The number of nitrogens with zero attached hydrogens (tertiary/aromatic N) is 6. The van der Waals surface area contributed by atoms with Crippen molar-refractivity contribution in [3.8, 4) is 45.5 Å². The van der Waals surface area contributed by atoms with Crippen LogP contribution in [-0.2, 0) is 24.9 Å². The van der Waals surface area contributed by atoms with E-state index in [4.69, 9.17) is 24.9 Å². The van der Waals surface area contributed by atoms with Crippen molar-refractivity contribution in [2.45, 2.75) is 32.2 Å². The molecule has 0 spiro atoms. The molecule has 3 aliphatic heterocycles. The van der Waals surface area contributed by atoms with Gasteiger partial charge in [0.2, 0.25) is 11.8 Å². The topological polar surface area (TPSA) is 107 Å². The fourth-order valence-electron chi connectivity index (χ4n) is 5.19. The first-order valence-corrected chi connectivity index (χ1v) is 13.2. The quantitative estimate of drug-likeness (QED) is 0.239. The van der Waals surface area contributed by atoms with E-state index >= 15 is 0 Å². The first-order chi connectivity index (χ1) is 20.3. The number of benzene rings is 1. The molecular formula is C28H27F4N7O3. The molecule has 220 valence electrons. The maximum absolute atomic E-state index is 14.6. The van der Waals surface area contributed by atoms with E-state index in [9.17, 15) is 17.6 Å². The van der Waals surface area contributed by atoms with Crippen molar-refractivity contribution in [3.05, 3.63) is 66.1 Å². The Morgan fingerprint density at radius 1 is 1.05 bits per heavy atom. The minimum absolute atomic E-state index is 0.0356. The lowest BCUT2D eigenvalue weighted by Gasteiger charge is -2.24. The Bertz CT molecular complexity index is 1650. The number of aromatic nitrogens is 6. The number of aryl methyl sites for hydroxylation is 1. The van der Waals surface area contributed by atoms with Gasteiger partial charge >= 0.3 is 6.61 Å². The maximum Gasteiger partial charge on any atom is 0.388 e. The second-order valence-corrected chi connectivity index (χ2v) is 9.74. The van der Waals surface area contributed by atoms with Crippen LogP contribution in [0.15, 0.2) is 54.9 Å². The van der Waals surface area contributed by atoms with Gasteiger partial charge in [0.15, 0.2) is 0 Å². The van der Waals surface area contributed by atoms with Gasteiger partial charge in [-0.3, -0.25) is 4.68 Å². The molecule has 6 rings (SSSR count). The van der Waals surface area contributed by atoms with E-state index in [-0.39, 0.29) is 48.3 Å². The molecule has 1 aromatic carbocycles. The van der Waals surface area contributed by atoms with E-state index in [0.717, 1.165) is 5.56 Å². The van der Waals surface area contributed by atoms with E-state index in [1.54, 1.807) is 19.2 Å². The smallest absolute Gasteiger partial charge is 0.388 e. The molecule has 0 amide bonds. The van der Waals surface area contributed by atoms with Gasteiger partial charge in [0.1, 0.15) is 24.2 Å². The van der Waals surface area contributed by atoms with Crippen LogP contribution in [0.1, 0.15) is 17.7 Å². The van der Waals surface area contributed by atoms with Gasteiger partial charge in [0.05, 0.1) is 30.0 Å². The number of hydrogen-bond acceptors (Lipinski definition) is 7. The lowest BCUT2D eigenvalue weighted by atomic mass is 9.98. The average Bonchev–Trinajstić information content (AvgIpc) is 3.64. The van der Waals surface area contributed by atoms with Gasteiger partial charge in [0.25, 0.3) is 6.43 Å². The number of rotatable bonds is 10. The minimum Gasteiger partial charge on any atom is -0.474 e. The van der Waals surface area contributed by atoms with Crippen LogP contribution in [0.4, 0.5) is 17.6 Å². The molecule has 0 fully saturated rings. The Morgan fingerprint density at radius 2 is 1.86 bits per heavy atom. The number of pyridine rings is 1. The molecule has 0 saturated heterocycles. The van der Waals surface area contributed by atoms with Crippen LogP contribution < -0.4 is 15.2 Å². The zero-order chi connectivity index (χ0) is 29.4. The molecule has 0 unspecified atom stereocenters. The summed E-state index contributed by atoms with van der Waals surface area (Å²) in [6.45, 7) is -1.93. The molecular weight excluding hydrogens is 558 g/mol. The van der Waals surface area contributed by atoms with Crippen molar-refractivity contribution in [3.63, 3.8) is 0 Å². The number of halogens is 4. The van der Waals surface area contributed by atoms with E-state index in [1.165, 1.54) is 15.6 Å². The van der Waals surface area contributed by atoms with Gasteiger partial charge in [0, 0.05) is 43.7 Å². The molecule has 0 bridgehead atoms. The molecule has 0 radical (unpaired) electrons. The van der Waals surface area contributed by atoms with E-state index in [2.05, 4.69) is 10.2 Å². The highest BCUT2D eigenvalue weighted by Crippen LogP contribution is 2.49. The average molecular weight is 586 g/mol. The van der Waals surface area contributed by atoms with E-state index in [1.807, 2.05) is 41.1 Å². The third kappa shape index (κ3) is 5.18. The van der Waals surface area contributed by atoms with Gasteiger partial charge < -0.3 is 24.5 Å². The summed E-state index contributed by atoms with van der Waals surface area (Å²) in [5.41, 5.74) is 6.99. The number of ether oxygens (including phenoxy) is 3. The van der Waals surface area contributed by atoms with Crippen LogP contribution in [0, 0.1) is 0 Å². The molecule has 0 saturated carbocycles. The summed E-state index contributed by atoms with van der Waals surface area (Å²) < 4.78 is 76.8. The Morgan fingerprint density at radius 3 is 2.60 bits per heavy atom. The standard InChI is InChI=1S/C28H27F4N7O3/c1-37-14-19(26(36-37)42-28(31)32)20-18-8-5-10-38(12-16-6-3-2-4-7-16)25(18)34-22(20)21-23(24(29)30)35-39-13-17(40-11-9-33)15-41-27(21)39/h2-8,10,14,17,24,28H,9,11-13,15,33H2,1H3/t17-/m0/s1. The highest BCUT2D eigenvalue weighted by atomic mass is 19.3. The monoisotopic (exact) mass is 585 g/mol. The molecule has 10 nitrogen and oxygen atoms in total. The largest absolute Gasteiger partial charge is 0.474 e. The molecule has 2 N–H and O–H groups in total. The Labute approximate surface area is 237 Å². The maximum atomic E-state index is 14.6. The fourth-order valence-corrected chi connectivity index (χ4v) is 5.19. The molecule has 5 heterocycles. The van der Waals surface area contributed by atoms with Gasteiger partial charge in [-0.25, -0.2) is 18.4 Å². The van der Waals surface area contributed by atoms with Crippen molar-refractivity contribution in [1.29, 1.82) is 0 Å². The zero-order valence-electron chi connectivity index (χ0n) is 22.5. The van der Waals surface area contributed by atoms with Crippen LogP contribution in [0.2, 0.25) is 0 Å². The van der Waals surface area contributed by atoms with Crippen molar-refractivity contribution >= 4 is 0 Å². The summed E-state index contributed by atoms with van der Waals surface area (Å²) in [4.78, 5) is 4.85. The lowest BCUT2D eigenvalue weighted by Crippen LogP contribution is -2.34. The Kier molecular flexibility index (Phi) is 7.56. The minimum atomic E-state index is -3.16. The second kappa shape index (κ2) is 11.4. The third-order valence-corrected chi connectivity index (χ3v) is 6.86. The van der Waals surface area contributed by atoms with Crippen LogP contribution >= 0.6 is 0 Å². The predicted molar refractivity (Wildman–Crippen MR) is 144 cm³/mol. The molecule has 0 aliphatic carbocycles. The SMILES string of the molecule is Cn1cc(-c2c3cccn(Cc4ccccc4)c-3nc2-c2c(C(F)F)nn3c2OC[C@@H](OCCN)C3)c(OC(F)F)n1. The fraction of sp³-hybridized carbons (Fsp3) is 0.321. The predicted octanol–water partition coefficient (Wildman–Crippen LogP) is 4.58. The molecule has 3 aliphatic rings. The van der Waals surface area contributed by atoms with Crippen LogP contribution in [-0.4, -0.2) is 61.6 Å². The van der Waals surface area contributed by atoms with Gasteiger partial charge in [-0.2, -0.15) is 13.9 Å². The van der Waals surface area contributed by atoms with Crippen molar-refractivity contribution in [1.82, 2.24) is 29.1 Å². The number of nitrogens with two attached hydrogens (primary N) is 1. The van der Waals surface area contributed by atoms with E-state index < -0.39 is 24.8 Å². The molecule has 42 heavy (non-hydrogen) atoms. The molecule has 3 aromatic rings. The number of hydrogen-bond donors (Lipinski definition) is 1. The normalized spacial score (nSPS) is 15.0. The summed E-state index contributed by atoms with van der Waals surface area (Å²) in [5, 5.41) is 8.23. The van der Waals surface area contributed by atoms with Gasteiger partial charge in [-0.15, -0.1) is 5.10 Å². The van der Waals surface area contributed by atoms with Crippen molar-refractivity contribution < 1.29 is 31.8 Å². The first-order valence-electron chi connectivity index (χ1n) is 13.2. The number of fused-ring (bicyclic) bond motifs is 2. The summed E-state index contributed by atoms with van der Waals surface area (Å²) in [7, 11) is 1.55. The highest BCUT2D eigenvalue weighted by molar-refractivity contribution is 5.97. The lowest BCUT2D eigenvalue weighted by molar-refractivity contribution is -0.0527. The van der Waals surface area contributed by atoms with Crippen LogP contribution in [0.3, 0.4) is 0 Å². The highest BCUT2D eigenvalue weighted by Gasteiger charge is 2.37. The van der Waals surface area contributed by atoms with Crippen LogP contribution in [0.25, 0.3) is 33.8 Å². The molecule has 1 atom stereocenters. The zero-order valence-corrected chi connectivity index (χ0v) is 22.5. The molecule has 2 aromatic heterocycles. The van der Waals surface area contributed by atoms with Gasteiger partial charge in [-0.05, 0) is 17.7 Å². The Hall–Kier alpha value is -4.43. The van der Waals surface area contributed by atoms with Crippen molar-refractivity contribution in [2.24, 2.45) is 12.8 Å². The van der Waals surface area contributed by atoms with Gasteiger partial charge in [-0.1, -0.05) is 30.3 Å². The van der Waals surface area contributed by atoms with E-state index in [0.29, 0.717) is 30.0 Å². The van der Waals surface area contributed by atoms with Crippen molar-refractivity contribution in [2.75, 3.05) is 19.8 Å². The van der Waals surface area contributed by atoms with Crippen LogP contribution in [0.5, 0.6) is 11.8 Å². The number of alkyl halides is 4. The summed E-state index contributed by atoms with van der Waals surface area (Å²) >= 11 is 0. The first kappa shape index (κ1) is 27.7. The summed E-state index contributed by atoms with van der Waals surface area (Å²) in [6.07, 6.45) is -0.128. The molecule has 14 heteroatoms. The summed E-state index contributed by atoms with van der Waals surface area (Å²) in [5.74, 6) is 0.160. The second-order valence-electron chi connectivity index (χ2n) is 9.74. The Balaban J connectivity index is 1.57.